The number of rotatable bonds is 8. The molecule has 3 heterocycles. The van der Waals surface area contributed by atoms with Gasteiger partial charge in [0.15, 0.2) is 5.82 Å². The molecule has 2 aromatic heterocycles. The summed E-state index contributed by atoms with van der Waals surface area (Å²) in [6, 6.07) is 1.71. The molecular weight excluding hydrogens is 370 g/mol. The Morgan fingerprint density at radius 1 is 1.31 bits per heavy atom. The minimum atomic E-state index is -0.427. The SMILES string of the molecule is CCCC[C@](C)(CNC(C)=O)Nc1nc(N)nc2cc(C(=O)N3CCC3)cnc12. The Morgan fingerprint density at radius 3 is 2.69 bits per heavy atom. The lowest BCUT2D eigenvalue weighted by molar-refractivity contribution is -0.119. The van der Waals surface area contributed by atoms with E-state index in [2.05, 4.69) is 32.5 Å². The molecule has 1 aliphatic rings. The van der Waals surface area contributed by atoms with Gasteiger partial charge in [0.25, 0.3) is 5.91 Å². The van der Waals surface area contributed by atoms with E-state index in [-0.39, 0.29) is 17.8 Å². The van der Waals surface area contributed by atoms with Crippen LogP contribution >= 0.6 is 0 Å². The van der Waals surface area contributed by atoms with E-state index < -0.39 is 5.54 Å². The quantitative estimate of drug-likeness (QED) is 0.619. The third kappa shape index (κ3) is 4.90. The van der Waals surface area contributed by atoms with Crippen LogP contribution in [0.25, 0.3) is 11.0 Å². The lowest BCUT2D eigenvalue weighted by Gasteiger charge is -2.32. The van der Waals surface area contributed by atoms with Gasteiger partial charge >= 0.3 is 0 Å². The number of carbonyl (C=O) groups excluding carboxylic acids is 2. The predicted molar refractivity (Wildman–Crippen MR) is 113 cm³/mol. The maximum Gasteiger partial charge on any atom is 0.255 e. The number of nitrogens with two attached hydrogens (primary N) is 1. The van der Waals surface area contributed by atoms with Gasteiger partial charge in [-0.2, -0.15) is 4.98 Å². The fourth-order valence-corrected chi connectivity index (χ4v) is 3.31. The van der Waals surface area contributed by atoms with E-state index in [1.807, 2.05) is 6.92 Å². The highest BCUT2D eigenvalue weighted by Crippen LogP contribution is 2.26. The van der Waals surface area contributed by atoms with E-state index in [4.69, 9.17) is 5.73 Å². The van der Waals surface area contributed by atoms with Gasteiger partial charge in [0, 0.05) is 32.8 Å². The monoisotopic (exact) mass is 399 g/mol. The number of hydrogen-bond donors (Lipinski definition) is 3. The Labute approximate surface area is 170 Å². The lowest BCUT2D eigenvalue weighted by atomic mass is 9.94. The Kier molecular flexibility index (Phi) is 6.14. The van der Waals surface area contributed by atoms with Crippen molar-refractivity contribution in [1.82, 2.24) is 25.2 Å². The summed E-state index contributed by atoms with van der Waals surface area (Å²) in [5, 5.41) is 6.30. The normalized spacial score (nSPS) is 15.5. The van der Waals surface area contributed by atoms with Gasteiger partial charge in [-0.15, -0.1) is 0 Å². The molecule has 29 heavy (non-hydrogen) atoms. The minimum absolute atomic E-state index is 0.0456. The number of fused-ring (bicyclic) bond motifs is 1. The molecule has 1 fully saturated rings. The average molecular weight is 399 g/mol. The summed E-state index contributed by atoms with van der Waals surface area (Å²) in [5.41, 5.74) is 7.06. The van der Waals surface area contributed by atoms with E-state index in [9.17, 15) is 9.59 Å². The van der Waals surface area contributed by atoms with Crippen molar-refractivity contribution in [1.29, 1.82) is 0 Å². The third-order valence-corrected chi connectivity index (χ3v) is 5.17. The smallest absolute Gasteiger partial charge is 0.255 e. The molecule has 0 saturated carbocycles. The van der Waals surface area contributed by atoms with Crippen LogP contribution in [0.4, 0.5) is 11.8 Å². The van der Waals surface area contributed by atoms with Crippen molar-refractivity contribution in [3.05, 3.63) is 17.8 Å². The first-order valence-corrected chi connectivity index (χ1v) is 10.1. The first kappa shape index (κ1) is 20.8. The number of hydrogen-bond acceptors (Lipinski definition) is 7. The molecule has 0 radical (unpaired) electrons. The zero-order valence-corrected chi connectivity index (χ0v) is 17.3. The number of nitrogen functional groups attached to an aromatic ring is 1. The molecule has 9 heteroatoms. The molecule has 2 amide bonds. The van der Waals surface area contributed by atoms with Crippen LogP contribution < -0.4 is 16.4 Å². The fraction of sp³-hybridized carbons (Fsp3) is 0.550. The van der Waals surface area contributed by atoms with Crippen LogP contribution in [-0.2, 0) is 4.79 Å². The number of nitrogens with zero attached hydrogens (tertiary/aromatic N) is 4. The van der Waals surface area contributed by atoms with Crippen molar-refractivity contribution in [3.8, 4) is 0 Å². The van der Waals surface area contributed by atoms with Crippen LogP contribution in [0.15, 0.2) is 12.3 Å². The molecule has 9 nitrogen and oxygen atoms in total. The number of carbonyl (C=O) groups is 2. The molecule has 0 spiro atoms. The second-order valence-corrected chi connectivity index (χ2v) is 7.87. The fourth-order valence-electron chi connectivity index (χ4n) is 3.31. The molecule has 1 atom stereocenters. The number of aromatic nitrogens is 3. The van der Waals surface area contributed by atoms with Gasteiger partial charge in [-0.1, -0.05) is 19.8 Å². The van der Waals surface area contributed by atoms with Crippen LogP contribution in [0, 0.1) is 0 Å². The number of nitrogens with one attached hydrogen (secondary N) is 2. The number of amides is 2. The Morgan fingerprint density at radius 2 is 2.07 bits per heavy atom. The van der Waals surface area contributed by atoms with E-state index in [1.54, 1.807) is 17.2 Å². The first-order chi connectivity index (χ1) is 13.8. The van der Waals surface area contributed by atoms with Gasteiger partial charge in [-0.25, -0.2) is 9.97 Å². The standard InChI is InChI=1S/C20H29N7O2/c1-4-5-7-20(3,12-23-13(2)28)26-17-16-15(24-19(21)25-17)10-14(11-22-16)18(29)27-8-6-9-27/h10-11H,4-9,12H2,1-3H3,(H,23,28)(H3,21,24,25,26)/t20-/m1/s1. The van der Waals surface area contributed by atoms with Crippen molar-refractivity contribution in [2.45, 2.75) is 52.0 Å². The van der Waals surface area contributed by atoms with Gasteiger partial charge < -0.3 is 21.3 Å². The van der Waals surface area contributed by atoms with Crippen LogP contribution in [0.1, 0.15) is 56.8 Å². The summed E-state index contributed by atoms with van der Waals surface area (Å²) in [5.74, 6) is 0.469. The zero-order valence-electron chi connectivity index (χ0n) is 17.3. The predicted octanol–water partition coefficient (Wildman–Crippen LogP) is 1.95. The molecule has 3 rings (SSSR count). The highest BCUT2D eigenvalue weighted by molar-refractivity contribution is 5.98. The molecule has 0 aliphatic carbocycles. The average Bonchev–Trinajstić information content (AvgIpc) is 2.63. The maximum atomic E-state index is 12.5. The molecule has 0 aromatic carbocycles. The number of pyridine rings is 1. The van der Waals surface area contributed by atoms with Gasteiger partial charge in [0.2, 0.25) is 11.9 Å². The summed E-state index contributed by atoms with van der Waals surface area (Å²) in [4.78, 5) is 38.8. The zero-order chi connectivity index (χ0) is 21.0. The van der Waals surface area contributed by atoms with E-state index in [1.165, 1.54) is 6.92 Å². The van der Waals surface area contributed by atoms with Gasteiger partial charge in [-0.3, -0.25) is 9.59 Å². The molecule has 0 bridgehead atoms. The van der Waals surface area contributed by atoms with Crippen LogP contribution in [0.2, 0.25) is 0 Å². The van der Waals surface area contributed by atoms with E-state index in [0.29, 0.717) is 29.0 Å². The number of likely N-dealkylation sites (tertiary alicyclic amines) is 1. The highest BCUT2D eigenvalue weighted by Gasteiger charge is 2.27. The Hall–Kier alpha value is -2.97. The summed E-state index contributed by atoms with van der Waals surface area (Å²) in [6.45, 7) is 7.64. The summed E-state index contributed by atoms with van der Waals surface area (Å²) < 4.78 is 0. The van der Waals surface area contributed by atoms with Crippen molar-refractivity contribution >= 4 is 34.6 Å². The van der Waals surface area contributed by atoms with Gasteiger partial charge in [0.05, 0.1) is 16.6 Å². The highest BCUT2D eigenvalue weighted by atomic mass is 16.2. The topological polar surface area (TPSA) is 126 Å². The second-order valence-electron chi connectivity index (χ2n) is 7.87. The number of unbranched alkanes of at least 4 members (excludes halogenated alkanes) is 1. The van der Waals surface area contributed by atoms with Crippen LogP contribution in [0.3, 0.4) is 0 Å². The van der Waals surface area contributed by atoms with E-state index in [0.717, 1.165) is 38.8 Å². The minimum Gasteiger partial charge on any atom is -0.368 e. The third-order valence-electron chi connectivity index (χ3n) is 5.17. The van der Waals surface area contributed by atoms with Crippen molar-refractivity contribution in [2.24, 2.45) is 0 Å². The van der Waals surface area contributed by atoms with Crippen LogP contribution in [0.5, 0.6) is 0 Å². The molecule has 0 unspecified atom stereocenters. The Bertz CT molecular complexity index is 913. The Balaban J connectivity index is 1.92. The summed E-state index contributed by atoms with van der Waals surface area (Å²) in [6.07, 6.45) is 5.44. The summed E-state index contributed by atoms with van der Waals surface area (Å²) in [7, 11) is 0. The first-order valence-electron chi connectivity index (χ1n) is 10.1. The largest absolute Gasteiger partial charge is 0.368 e. The molecular formula is C20H29N7O2. The summed E-state index contributed by atoms with van der Waals surface area (Å²) >= 11 is 0. The maximum absolute atomic E-state index is 12.5. The van der Waals surface area contributed by atoms with Crippen molar-refractivity contribution < 1.29 is 9.59 Å². The lowest BCUT2D eigenvalue weighted by Crippen LogP contribution is -2.46. The van der Waals surface area contributed by atoms with Crippen molar-refractivity contribution in [2.75, 3.05) is 30.7 Å². The second kappa shape index (κ2) is 8.59. The van der Waals surface area contributed by atoms with Gasteiger partial charge in [0.1, 0.15) is 5.52 Å². The molecule has 1 saturated heterocycles. The molecule has 156 valence electrons. The van der Waals surface area contributed by atoms with Gasteiger partial charge in [-0.05, 0) is 25.8 Å². The molecule has 2 aromatic rings. The number of anilines is 2. The molecule has 4 N–H and O–H groups in total. The van der Waals surface area contributed by atoms with Crippen LogP contribution in [-0.4, -0.2) is 56.8 Å². The van der Waals surface area contributed by atoms with E-state index >= 15 is 0 Å². The van der Waals surface area contributed by atoms with Crippen molar-refractivity contribution in [3.63, 3.8) is 0 Å². The molecule has 1 aliphatic heterocycles.